The predicted octanol–water partition coefficient (Wildman–Crippen LogP) is 6.44. The van der Waals surface area contributed by atoms with Crippen molar-refractivity contribution in [2.45, 2.75) is 70.9 Å². The maximum absolute atomic E-state index is 13.7. The van der Waals surface area contributed by atoms with Crippen LogP contribution in [0.1, 0.15) is 85.1 Å². The van der Waals surface area contributed by atoms with Crippen LogP contribution in [0.15, 0.2) is 48.5 Å². The standard InChI is InChI=1S/C28H33N3O2/c1-3-4-17-33-23-12-8-9-21(18-23)27-24-25(20-15-13-19(2)14-16-20)29-30-26(24)28(32)31(27)22-10-6-5-7-11-22/h8-9,12-16,18,22,27H,3-7,10-11,17H2,1-2H3,(H,29,30). The van der Waals surface area contributed by atoms with Crippen molar-refractivity contribution in [1.29, 1.82) is 0 Å². The second-order valence-electron chi connectivity index (χ2n) is 9.41. The number of ether oxygens (including phenoxy) is 1. The van der Waals surface area contributed by atoms with Gasteiger partial charge in [-0.2, -0.15) is 5.10 Å². The monoisotopic (exact) mass is 443 g/mol. The van der Waals surface area contributed by atoms with Crippen LogP contribution in [0.2, 0.25) is 0 Å². The van der Waals surface area contributed by atoms with Crippen molar-refractivity contribution in [3.05, 3.63) is 70.9 Å². The molecule has 1 saturated carbocycles. The Balaban J connectivity index is 1.59. The van der Waals surface area contributed by atoms with Crippen molar-refractivity contribution in [3.63, 3.8) is 0 Å². The summed E-state index contributed by atoms with van der Waals surface area (Å²) in [6, 6.07) is 16.8. The Morgan fingerprint density at radius 1 is 1.09 bits per heavy atom. The average molecular weight is 444 g/mol. The highest BCUT2D eigenvalue weighted by Crippen LogP contribution is 2.46. The maximum atomic E-state index is 13.7. The van der Waals surface area contributed by atoms with Gasteiger partial charge < -0.3 is 9.64 Å². The molecule has 5 rings (SSSR count). The number of unbranched alkanes of at least 4 members (excludes halogenated alkanes) is 1. The molecule has 1 amide bonds. The number of aryl methyl sites for hydroxylation is 1. The van der Waals surface area contributed by atoms with Crippen LogP contribution in [0.25, 0.3) is 11.3 Å². The molecule has 0 saturated heterocycles. The van der Waals surface area contributed by atoms with E-state index in [1.165, 1.54) is 24.8 Å². The molecule has 2 heterocycles. The lowest BCUT2D eigenvalue weighted by atomic mass is 9.91. The third-order valence-corrected chi connectivity index (χ3v) is 7.04. The fraction of sp³-hybridized carbons (Fsp3) is 0.429. The van der Waals surface area contributed by atoms with E-state index in [9.17, 15) is 4.79 Å². The van der Waals surface area contributed by atoms with Gasteiger partial charge in [0.25, 0.3) is 5.91 Å². The number of nitrogens with one attached hydrogen (secondary N) is 1. The van der Waals surface area contributed by atoms with Gasteiger partial charge in [0.1, 0.15) is 11.4 Å². The van der Waals surface area contributed by atoms with Crippen LogP contribution in [-0.4, -0.2) is 33.7 Å². The summed E-state index contributed by atoms with van der Waals surface area (Å²) in [6.07, 6.45) is 7.87. The van der Waals surface area contributed by atoms with Gasteiger partial charge in [-0.1, -0.05) is 74.6 Å². The Kier molecular flexibility index (Phi) is 6.21. The zero-order chi connectivity index (χ0) is 22.8. The maximum Gasteiger partial charge on any atom is 0.273 e. The third kappa shape index (κ3) is 4.17. The van der Waals surface area contributed by atoms with Gasteiger partial charge in [0, 0.05) is 17.2 Å². The van der Waals surface area contributed by atoms with E-state index < -0.39 is 0 Å². The number of rotatable bonds is 7. The van der Waals surface area contributed by atoms with E-state index in [0.717, 1.165) is 53.8 Å². The van der Waals surface area contributed by atoms with Crippen LogP contribution >= 0.6 is 0 Å². The van der Waals surface area contributed by atoms with Crippen molar-refractivity contribution in [2.75, 3.05) is 6.61 Å². The van der Waals surface area contributed by atoms with Crippen molar-refractivity contribution >= 4 is 5.91 Å². The van der Waals surface area contributed by atoms with Crippen molar-refractivity contribution in [3.8, 4) is 17.0 Å². The lowest BCUT2D eigenvalue weighted by Gasteiger charge is -2.36. The number of carbonyl (C=O) groups is 1. The average Bonchev–Trinajstić information content (AvgIpc) is 3.39. The number of benzene rings is 2. The first-order valence-electron chi connectivity index (χ1n) is 12.4. The zero-order valence-corrected chi connectivity index (χ0v) is 19.6. The zero-order valence-electron chi connectivity index (χ0n) is 19.6. The minimum atomic E-state index is -0.152. The van der Waals surface area contributed by atoms with Gasteiger partial charge in [0.2, 0.25) is 0 Å². The van der Waals surface area contributed by atoms with Crippen LogP contribution in [0, 0.1) is 6.92 Å². The van der Waals surface area contributed by atoms with Gasteiger partial charge in [-0.05, 0) is 43.9 Å². The molecule has 1 aromatic heterocycles. The quantitative estimate of drug-likeness (QED) is 0.427. The first kappa shape index (κ1) is 21.7. The molecule has 1 N–H and O–H groups in total. The lowest BCUT2D eigenvalue weighted by Crippen LogP contribution is -2.40. The fourth-order valence-corrected chi connectivity index (χ4v) is 5.27. The number of hydrogen-bond donors (Lipinski definition) is 1. The molecule has 1 atom stereocenters. The molecule has 0 bridgehead atoms. The van der Waals surface area contributed by atoms with Crippen LogP contribution in [-0.2, 0) is 0 Å². The lowest BCUT2D eigenvalue weighted by molar-refractivity contribution is 0.0606. The molecule has 2 aromatic carbocycles. The van der Waals surface area contributed by atoms with Crippen molar-refractivity contribution in [1.82, 2.24) is 15.1 Å². The van der Waals surface area contributed by atoms with Gasteiger partial charge in [-0.3, -0.25) is 9.89 Å². The summed E-state index contributed by atoms with van der Waals surface area (Å²) >= 11 is 0. The van der Waals surface area contributed by atoms with Gasteiger partial charge in [-0.25, -0.2) is 0 Å². The molecule has 33 heavy (non-hydrogen) atoms. The molecule has 3 aromatic rings. The summed E-state index contributed by atoms with van der Waals surface area (Å²) in [7, 11) is 0. The summed E-state index contributed by atoms with van der Waals surface area (Å²) in [5.74, 6) is 0.941. The molecule has 1 fully saturated rings. The molecule has 1 aliphatic carbocycles. The number of H-pyrrole nitrogens is 1. The highest BCUT2D eigenvalue weighted by molar-refractivity contribution is 6.00. The number of fused-ring (bicyclic) bond motifs is 1. The van der Waals surface area contributed by atoms with E-state index in [-0.39, 0.29) is 18.0 Å². The number of hydrogen-bond acceptors (Lipinski definition) is 3. The van der Waals surface area contributed by atoms with Gasteiger partial charge in [0.05, 0.1) is 18.3 Å². The van der Waals surface area contributed by atoms with Gasteiger partial charge in [0.15, 0.2) is 0 Å². The molecule has 5 heteroatoms. The molecule has 1 aliphatic heterocycles. The molecular formula is C28H33N3O2. The minimum absolute atomic E-state index is 0.0741. The van der Waals surface area contributed by atoms with E-state index in [1.807, 2.05) is 12.1 Å². The molecule has 2 aliphatic rings. The number of carbonyl (C=O) groups excluding carboxylic acids is 1. The number of nitrogens with zero attached hydrogens (tertiary/aromatic N) is 2. The highest BCUT2D eigenvalue weighted by atomic mass is 16.5. The molecule has 1 unspecified atom stereocenters. The largest absolute Gasteiger partial charge is 0.494 e. The number of aromatic amines is 1. The van der Waals surface area contributed by atoms with E-state index in [1.54, 1.807) is 0 Å². The summed E-state index contributed by atoms with van der Waals surface area (Å²) < 4.78 is 6.02. The van der Waals surface area contributed by atoms with E-state index in [4.69, 9.17) is 4.74 Å². The third-order valence-electron chi connectivity index (χ3n) is 7.04. The second kappa shape index (κ2) is 9.42. The van der Waals surface area contributed by atoms with E-state index in [0.29, 0.717) is 12.3 Å². The Hall–Kier alpha value is -3.08. The summed E-state index contributed by atoms with van der Waals surface area (Å²) in [6.45, 7) is 4.96. The summed E-state index contributed by atoms with van der Waals surface area (Å²) in [4.78, 5) is 15.8. The number of aromatic nitrogens is 2. The summed E-state index contributed by atoms with van der Waals surface area (Å²) in [5.41, 5.74) is 5.85. The minimum Gasteiger partial charge on any atom is -0.494 e. The Morgan fingerprint density at radius 3 is 2.64 bits per heavy atom. The fourth-order valence-electron chi connectivity index (χ4n) is 5.27. The van der Waals surface area contributed by atoms with Crippen LogP contribution in [0.3, 0.4) is 0 Å². The molecule has 172 valence electrons. The Bertz CT molecular complexity index is 1110. The molecule has 5 nitrogen and oxygen atoms in total. The second-order valence-corrected chi connectivity index (χ2v) is 9.41. The molecular weight excluding hydrogens is 410 g/mol. The Morgan fingerprint density at radius 2 is 1.88 bits per heavy atom. The summed E-state index contributed by atoms with van der Waals surface area (Å²) in [5, 5.41) is 7.72. The molecule has 0 radical (unpaired) electrons. The predicted molar refractivity (Wildman–Crippen MR) is 130 cm³/mol. The number of amides is 1. The van der Waals surface area contributed by atoms with Crippen molar-refractivity contribution in [2.24, 2.45) is 0 Å². The van der Waals surface area contributed by atoms with E-state index >= 15 is 0 Å². The van der Waals surface area contributed by atoms with Gasteiger partial charge in [-0.15, -0.1) is 0 Å². The smallest absolute Gasteiger partial charge is 0.273 e. The molecule has 0 spiro atoms. The highest BCUT2D eigenvalue weighted by Gasteiger charge is 2.45. The van der Waals surface area contributed by atoms with Crippen LogP contribution in [0.5, 0.6) is 5.75 Å². The Labute approximate surface area is 196 Å². The normalized spacial score (nSPS) is 18.5. The van der Waals surface area contributed by atoms with E-state index in [2.05, 4.69) is 65.3 Å². The van der Waals surface area contributed by atoms with Crippen molar-refractivity contribution < 1.29 is 9.53 Å². The van der Waals surface area contributed by atoms with Crippen LogP contribution in [0.4, 0.5) is 0 Å². The SMILES string of the molecule is CCCCOc1cccc(C2c3c(-c4ccc(C)cc4)n[nH]c3C(=O)N2C2CCCCC2)c1. The van der Waals surface area contributed by atoms with Gasteiger partial charge >= 0.3 is 0 Å². The van der Waals surface area contributed by atoms with Crippen LogP contribution < -0.4 is 4.74 Å². The first-order valence-corrected chi connectivity index (χ1v) is 12.4. The first-order chi connectivity index (χ1) is 16.2. The topological polar surface area (TPSA) is 58.2 Å².